The maximum atomic E-state index is 14.8. The molecular weight excluding hydrogens is 947 g/mol. The summed E-state index contributed by atoms with van der Waals surface area (Å²) >= 11 is 6.41. The number of hydrogen-bond donors (Lipinski definition) is 0. The van der Waals surface area contributed by atoms with Gasteiger partial charge in [-0.25, -0.2) is 35.1 Å². The van der Waals surface area contributed by atoms with Crippen molar-refractivity contribution in [2.75, 3.05) is 0 Å². The van der Waals surface area contributed by atoms with Gasteiger partial charge < -0.3 is 0 Å². The first-order valence-corrected chi connectivity index (χ1v) is 21.5. The summed E-state index contributed by atoms with van der Waals surface area (Å²) in [5, 5.41) is 19.4. The van der Waals surface area contributed by atoms with Gasteiger partial charge in [0, 0.05) is 29.3 Å². The van der Waals surface area contributed by atoms with Gasteiger partial charge >= 0.3 is 12.4 Å². The second-order valence-corrected chi connectivity index (χ2v) is 18.5. The highest BCUT2D eigenvalue weighted by Gasteiger charge is 2.44. The molecule has 0 spiro atoms. The van der Waals surface area contributed by atoms with E-state index < -0.39 is 92.3 Å². The first-order valence-electron chi connectivity index (χ1n) is 17.4. The Labute approximate surface area is 360 Å². The van der Waals surface area contributed by atoms with Crippen molar-refractivity contribution in [3.63, 3.8) is 0 Å². The first kappa shape index (κ1) is 45.0. The van der Waals surface area contributed by atoms with E-state index in [4.69, 9.17) is 0 Å². The highest BCUT2D eigenvalue weighted by Crippen LogP contribution is 2.54. The van der Waals surface area contributed by atoms with E-state index in [2.05, 4.69) is 0 Å². The van der Waals surface area contributed by atoms with Crippen LogP contribution in [0.5, 0.6) is 0 Å². The molecule has 7 rings (SSSR count). The molecule has 0 saturated carbocycles. The standard InChI is InChI=1S/C41H18F14N2S5/c1-3-4-5-19-36(21-9-7-18(59-21)11-16(13-57)23-28(44)32(48)25(41(53,54)55)33(49)29(23)45)62-39-37(19)61-35-14(2)34(60-38(35)39)20-8-6-17(58-20)10-15(12-56)22-26(42)30(46)24(40(50,51)52)31(47)27(22)43/h6-11H,3-5H2,1-2H3/b15-10+,16-11+. The second-order valence-electron chi connectivity index (χ2n) is 13.2. The van der Waals surface area contributed by atoms with Crippen LogP contribution < -0.4 is 0 Å². The Morgan fingerprint density at radius 2 is 0.952 bits per heavy atom. The van der Waals surface area contributed by atoms with Crippen molar-refractivity contribution in [3.05, 3.63) is 114 Å². The Bertz CT molecular complexity index is 3060. The molecule has 0 aliphatic rings. The van der Waals surface area contributed by atoms with Crippen LogP contribution >= 0.6 is 56.7 Å². The molecule has 0 fully saturated rings. The molecule has 5 heterocycles. The van der Waals surface area contributed by atoms with Crippen LogP contribution in [0.1, 0.15) is 62.9 Å². The molecule has 0 aliphatic heterocycles. The zero-order valence-corrected chi connectivity index (χ0v) is 34.9. The molecule has 2 nitrogen and oxygen atoms in total. The highest BCUT2D eigenvalue weighted by atomic mass is 32.1. The molecule has 62 heavy (non-hydrogen) atoms. The molecule has 21 heteroatoms. The van der Waals surface area contributed by atoms with Crippen molar-refractivity contribution < 1.29 is 61.5 Å². The zero-order chi connectivity index (χ0) is 45.3. The molecule has 7 aromatic rings. The predicted molar refractivity (Wildman–Crippen MR) is 215 cm³/mol. The minimum absolute atomic E-state index is 0.179. The number of thiophene rings is 5. The minimum Gasteiger partial charge on any atom is -0.203 e. The summed E-state index contributed by atoms with van der Waals surface area (Å²) < 4.78 is 199. The Hall–Kier alpha value is -5.06. The Kier molecular flexibility index (Phi) is 12.0. The monoisotopic (exact) mass is 964 g/mol. The molecule has 0 aliphatic carbocycles. The Morgan fingerprint density at radius 1 is 0.548 bits per heavy atom. The van der Waals surface area contributed by atoms with Gasteiger partial charge in [-0.05, 0) is 67.3 Å². The average molecular weight is 965 g/mol. The summed E-state index contributed by atoms with van der Waals surface area (Å²) in [6.45, 7) is 3.85. The van der Waals surface area contributed by atoms with Crippen LogP contribution in [0.15, 0.2) is 24.3 Å². The molecule has 0 unspecified atom stereocenters. The summed E-state index contributed by atoms with van der Waals surface area (Å²) in [6, 6.07) is 9.02. The molecule has 0 bridgehead atoms. The fourth-order valence-corrected chi connectivity index (χ4v) is 13.3. The van der Waals surface area contributed by atoms with Crippen molar-refractivity contribution in [2.24, 2.45) is 0 Å². The Morgan fingerprint density at radius 3 is 1.35 bits per heavy atom. The number of fused-ring (bicyclic) bond motifs is 3. The van der Waals surface area contributed by atoms with Gasteiger partial charge in [0.05, 0.1) is 41.1 Å². The summed E-state index contributed by atoms with van der Waals surface area (Å²) in [6.07, 6.45) is -7.47. The zero-order valence-electron chi connectivity index (χ0n) is 30.8. The third-order valence-corrected chi connectivity index (χ3v) is 16.1. The van der Waals surface area contributed by atoms with Gasteiger partial charge in [0.25, 0.3) is 0 Å². The molecular formula is C41H18F14N2S5. The van der Waals surface area contributed by atoms with Crippen LogP contribution in [-0.2, 0) is 18.8 Å². The van der Waals surface area contributed by atoms with Gasteiger partial charge in [-0.3, -0.25) is 0 Å². The first-order chi connectivity index (χ1) is 29.1. The van der Waals surface area contributed by atoms with E-state index in [1.807, 2.05) is 13.8 Å². The molecule has 0 radical (unpaired) electrons. The quantitative estimate of drug-likeness (QED) is 0.0822. The molecule has 0 saturated heterocycles. The van der Waals surface area contributed by atoms with Gasteiger partial charge in [0.2, 0.25) is 0 Å². The van der Waals surface area contributed by atoms with E-state index in [0.29, 0.717) is 16.2 Å². The smallest absolute Gasteiger partial charge is 0.203 e. The fourth-order valence-electron chi connectivity index (χ4n) is 6.54. The Balaban J connectivity index is 1.26. The van der Waals surface area contributed by atoms with Gasteiger partial charge in [0.1, 0.15) is 23.3 Å². The number of benzene rings is 2. The lowest BCUT2D eigenvalue weighted by molar-refractivity contribution is -0.144. The largest absolute Gasteiger partial charge is 0.422 e. The average Bonchev–Trinajstić information content (AvgIpc) is 4.03. The molecule has 320 valence electrons. The van der Waals surface area contributed by atoms with Crippen molar-refractivity contribution in [3.8, 4) is 31.6 Å². The number of rotatable bonds is 9. The lowest BCUT2D eigenvalue weighted by Gasteiger charge is -2.13. The van der Waals surface area contributed by atoms with Crippen LogP contribution in [0.3, 0.4) is 0 Å². The number of aryl methyl sites for hydroxylation is 2. The van der Waals surface area contributed by atoms with E-state index in [1.54, 1.807) is 12.1 Å². The maximum Gasteiger partial charge on any atom is 0.422 e. The fraction of sp³-hybridized carbons (Fsp3) is 0.171. The maximum absolute atomic E-state index is 14.8. The summed E-state index contributed by atoms with van der Waals surface area (Å²) in [5.41, 5.74) is -8.81. The van der Waals surface area contributed by atoms with Gasteiger partial charge in [0.15, 0.2) is 46.5 Å². The SMILES string of the molecule is CCCCc1c(-c2ccc(/C=C(\C#N)c3c(F)c(F)c(C(F)(F)F)c(F)c3F)s2)sc2c1sc1c(C)c(-c3ccc(/C=C(\C#N)c4c(F)c(F)c(C(F)(F)F)c(F)c4F)s3)sc12. The number of unbranched alkanes of at least 4 members (excludes halogenated alkanes) is 1. The summed E-state index contributed by atoms with van der Waals surface area (Å²) in [7, 11) is 0. The topological polar surface area (TPSA) is 47.6 Å². The van der Waals surface area contributed by atoms with Crippen LogP contribution in [-0.4, -0.2) is 0 Å². The van der Waals surface area contributed by atoms with E-state index in [-0.39, 0.29) is 9.75 Å². The van der Waals surface area contributed by atoms with Crippen molar-refractivity contribution in [1.29, 1.82) is 10.5 Å². The minimum atomic E-state index is -5.76. The van der Waals surface area contributed by atoms with E-state index in [9.17, 15) is 72.0 Å². The van der Waals surface area contributed by atoms with E-state index >= 15 is 0 Å². The van der Waals surface area contributed by atoms with E-state index in [0.717, 1.165) is 87.3 Å². The van der Waals surface area contributed by atoms with Crippen LogP contribution in [0, 0.1) is 76.1 Å². The molecule has 5 aromatic heterocycles. The van der Waals surface area contributed by atoms with E-state index in [1.165, 1.54) is 58.3 Å². The second kappa shape index (κ2) is 16.6. The molecule has 0 amide bonds. The number of halogens is 14. The number of alkyl halides is 6. The summed E-state index contributed by atoms with van der Waals surface area (Å²) in [4.78, 5) is 3.20. The number of hydrogen-bond acceptors (Lipinski definition) is 7. The highest BCUT2D eigenvalue weighted by molar-refractivity contribution is 7.41. The van der Waals surface area contributed by atoms with Crippen molar-refractivity contribution in [1.82, 2.24) is 0 Å². The predicted octanol–water partition coefficient (Wildman–Crippen LogP) is 16.6. The van der Waals surface area contributed by atoms with Crippen molar-refractivity contribution >= 4 is 98.8 Å². The molecule has 0 N–H and O–H groups in total. The van der Waals surface area contributed by atoms with Gasteiger partial charge in [-0.15, -0.1) is 56.7 Å². The molecule has 2 aromatic carbocycles. The number of allylic oxidation sites excluding steroid dienone is 2. The normalized spacial score (nSPS) is 12.9. The van der Waals surface area contributed by atoms with Crippen LogP contribution in [0.2, 0.25) is 0 Å². The number of nitriles is 2. The molecule has 0 atom stereocenters. The third-order valence-electron chi connectivity index (χ3n) is 9.39. The van der Waals surface area contributed by atoms with Crippen LogP contribution in [0.4, 0.5) is 61.5 Å². The van der Waals surface area contributed by atoms with Crippen molar-refractivity contribution in [2.45, 2.75) is 45.5 Å². The van der Waals surface area contributed by atoms with Crippen LogP contribution in [0.25, 0.3) is 61.6 Å². The lowest BCUT2D eigenvalue weighted by atomic mass is 10.0. The third kappa shape index (κ3) is 7.61. The van der Waals surface area contributed by atoms with Gasteiger partial charge in [-0.2, -0.15) is 36.9 Å². The number of nitrogens with zero attached hydrogens (tertiary/aromatic N) is 2. The lowest BCUT2D eigenvalue weighted by Crippen LogP contribution is -2.16. The summed E-state index contributed by atoms with van der Waals surface area (Å²) in [5.74, 6) is -20.3. The van der Waals surface area contributed by atoms with Gasteiger partial charge in [-0.1, -0.05) is 13.3 Å².